The van der Waals surface area contributed by atoms with E-state index in [1.807, 2.05) is 0 Å². The molecule has 2 aromatic rings. The number of aryl methyl sites for hydroxylation is 2. The van der Waals surface area contributed by atoms with E-state index in [2.05, 4.69) is 4.72 Å². The summed E-state index contributed by atoms with van der Waals surface area (Å²) in [5.74, 6) is -1.52. The second kappa shape index (κ2) is 5.11. The first-order valence-electron chi connectivity index (χ1n) is 6.55. The monoisotopic (exact) mass is 309 g/mol. The number of rotatable bonds is 3. The van der Waals surface area contributed by atoms with Gasteiger partial charge in [0.2, 0.25) is 0 Å². The van der Waals surface area contributed by atoms with Crippen LogP contribution >= 0.6 is 0 Å². The quantitative estimate of drug-likeness (QED) is 0.946. The molecule has 0 spiro atoms. The van der Waals surface area contributed by atoms with Gasteiger partial charge >= 0.3 is 0 Å². The van der Waals surface area contributed by atoms with E-state index in [0.29, 0.717) is 0 Å². The Kier molecular flexibility index (Phi) is 3.41. The number of hydrogen-bond acceptors (Lipinski definition) is 2. The molecule has 3 rings (SSSR count). The first kappa shape index (κ1) is 14.0. The molecule has 0 unspecified atom stereocenters. The van der Waals surface area contributed by atoms with E-state index in [0.717, 1.165) is 48.6 Å². The van der Waals surface area contributed by atoms with Crippen LogP contribution in [-0.4, -0.2) is 8.42 Å². The van der Waals surface area contributed by atoms with Crippen molar-refractivity contribution in [2.24, 2.45) is 0 Å². The summed E-state index contributed by atoms with van der Waals surface area (Å²) in [5.41, 5.74) is 1.75. The molecule has 0 fully saturated rings. The summed E-state index contributed by atoms with van der Waals surface area (Å²) in [6.07, 6.45) is 2.79. The van der Waals surface area contributed by atoms with Crippen LogP contribution in [0, 0.1) is 11.6 Å². The molecule has 1 aliphatic carbocycles. The van der Waals surface area contributed by atoms with E-state index in [9.17, 15) is 17.2 Å². The Labute approximate surface area is 121 Å². The molecule has 0 bridgehead atoms. The molecule has 2 aromatic carbocycles. The predicted octanol–water partition coefficient (Wildman–Crippen LogP) is 3.25. The third-order valence-electron chi connectivity index (χ3n) is 3.55. The summed E-state index contributed by atoms with van der Waals surface area (Å²) in [6, 6.07) is 7.50. The molecule has 0 radical (unpaired) electrons. The summed E-state index contributed by atoms with van der Waals surface area (Å²) in [4.78, 5) is 0.0619. The fourth-order valence-corrected chi connectivity index (χ4v) is 3.60. The Morgan fingerprint density at radius 2 is 1.71 bits per heavy atom. The zero-order chi connectivity index (χ0) is 15.0. The highest BCUT2D eigenvalue weighted by molar-refractivity contribution is 7.92. The standard InChI is InChI=1S/C15H13F2NO2S/c16-12-5-7-14(17)15(9-12)18-21(19,20)13-6-4-10-2-1-3-11(10)8-13/h4-9,18H,1-3H2. The Morgan fingerprint density at radius 3 is 2.52 bits per heavy atom. The maximum Gasteiger partial charge on any atom is 0.261 e. The average molecular weight is 309 g/mol. The van der Waals surface area contributed by atoms with E-state index >= 15 is 0 Å². The Morgan fingerprint density at radius 1 is 0.952 bits per heavy atom. The number of hydrogen-bond donors (Lipinski definition) is 1. The van der Waals surface area contributed by atoms with Crippen molar-refractivity contribution in [2.75, 3.05) is 4.72 Å². The fraction of sp³-hybridized carbons (Fsp3) is 0.200. The fourth-order valence-electron chi connectivity index (χ4n) is 2.49. The van der Waals surface area contributed by atoms with Gasteiger partial charge in [0.05, 0.1) is 10.6 Å². The lowest BCUT2D eigenvalue weighted by atomic mass is 10.1. The lowest BCUT2D eigenvalue weighted by Gasteiger charge is -2.10. The summed E-state index contributed by atoms with van der Waals surface area (Å²) < 4.78 is 53.3. The summed E-state index contributed by atoms with van der Waals surface area (Å²) in [6.45, 7) is 0. The Bertz CT molecular complexity index is 803. The van der Waals surface area contributed by atoms with Crippen LogP contribution in [0.25, 0.3) is 0 Å². The van der Waals surface area contributed by atoms with Gasteiger partial charge in [0.1, 0.15) is 11.6 Å². The Balaban J connectivity index is 1.95. The van der Waals surface area contributed by atoms with E-state index < -0.39 is 27.3 Å². The molecule has 1 aliphatic rings. The van der Waals surface area contributed by atoms with Gasteiger partial charge in [-0.25, -0.2) is 17.2 Å². The lowest BCUT2D eigenvalue weighted by molar-refractivity contribution is 0.594. The molecule has 0 aromatic heterocycles. The highest BCUT2D eigenvalue weighted by atomic mass is 32.2. The minimum Gasteiger partial charge on any atom is -0.277 e. The van der Waals surface area contributed by atoms with E-state index in [1.165, 1.54) is 6.07 Å². The molecule has 21 heavy (non-hydrogen) atoms. The van der Waals surface area contributed by atoms with Gasteiger partial charge in [0.25, 0.3) is 10.0 Å². The van der Waals surface area contributed by atoms with Gasteiger partial charge in [-0.15, -0.1) is 0 Å². The van der Waals surface area contributed by atoms with E-state index in [1.54, 1.807) is 12.1 Å². The van der Waals surface area contributed by atoms with Gasteiger partial charge in [0, 0.05) is 6.07 Å². The molecule has 110 valence electrons. The first-order valence-corrected chi connectivity index (χ1v) is 8.04. The van der Waals surface area contributed by atoms with Crippen LogP contribution in [0.2, 0.25) is 0 Å². The Hall–Kier alpha value is -1.95. The summed E-state index contributed by atoms with van der Waals surface area (Å²) in [7, 11) is -3.93. The van der Waals surface area contributed by atoms with Gasteiger partial charge in [-0.05, 0) is 54.7 Å². The van der Waals surface area contributed by atoms with Crippen LogP contribution in [0.4, 0.5) is 14.5 Å². The summed E-state index contributed by atoms with van der Waals surface area (Å²) in [5, 5.41) is 0. The van der Waals surface area contributed by atoms with Gasteiger partial charge in [-0.3, -0.25) is 4.72 Å². The van der Waals surface area contributed by atoms with E-state index in [-0.39, 0.29) is 4.90 Å². The van der Waals surface area contributed by atoms with Crippen molar-refractivity contribution in [3.8, 4) is 0 Å². The number of fused-ring (bicyclic) bond motifs is 1. The van der Waals surface area contributed by atoms with Crippen LogP contribution in [0.15, 0.2) is 41.3 Å². The molecule has 0 saturated carbocycles. The highest BCUT2D eigenvalue weighted by Crippen LogP contribution is 2.26. The van der Waals surface area contributed by atoms with Crippen molar-refractivity contribution < 1.29 is 17.2 Å². The van der Waals surface area contributed by atoms with E-state index in [4.69, 9.17) is 0 Å². The third-order valence-corrected chi connectivity index (χ3v) is 4.92. The third kappa shape index (κ3) is 2.76. The smallest absolute Gasteiger partial charge is 0.261 e. The lowest BCUT2D eigenvalue weighted by Crippen LogP contribution is -2.14. The molecular weight excluding hydrogens is 296 g/mol. The number of halogens is 2. The molecule has 3 nitrogen and oxygen atoms in total. The number of sulfonamides is 1. The van der Waals surface area contributed by atoms with Crippen LogP contribution < -0.4 is 4.72 Å². The van der Waals surface area contributed by atoms with Crippen molar-refractivity contribution in [1.29, 1.82) is 0 Å². The van der Waals surface area contributed by atoms with Gasteiger partial charge in [-0.1, -0.05) is 6.07 Å². The second-order valence-electron chi connectivity index (χ2n) is 5.01. The molecule has 0 aliphatic heterocycles. The van der Waals surface area contributed by atoms with Crippen molar-refractivity contribution in [1.82, 2.24) is 0 Å². The normalized spacial score (nSPS) is 14.0. The number of nitrogens with one attached hydrogen (secondary N) is 1. The largest absolute Gasteiger partial charge is 0.277 e. The second-order valence-corrected chi connectivity index (χ2v) is 6.70. The maximum atomic E-state index is 13.5. The topological polar surface area (TPSA) is 46.2 Å². The molecule has 6 heteroatoms. The zero-order valence-electron chi connectivity index (χ0n) is 11.1. The SMILES string of the molecule is O=S(=O)(Nc1cc(F)ccc1F)c1ccc2c(c1)CCC2. The van der Waals surface area contributed by atoms with Crippen LogP contribution in [0.5, 0.6) is 0 Å². The van der Waals surface area contributed by atoms with Crippen molar-refractivity contribution in [3.63, 3.8) is 0 Å². The highest BCUT2D eigenvalue weighted by Gasteiger charge is 2.20. The minimum atomic E-state index is -3.93. The van der Waals surface area contributed by atoms with Crippen molar-refractivity contribution in [2.45, 2.75) is 24.2 Å². The minimum absolute atomic E-state index is 0.0619. The first-order chi connectivity index (χ1) is 9.95. The van der Waals surface area contributed by atoms with Crippen LogP contribution in [0.1, 0.15) is 17.5 Å². The number of benzene rings is 2. The van der Waals surface area contributed by atoms with Gasteiger partial charge in [-0.2, -0.15) is 0 Å². The summed E-state index contributed by atoms with van der Waals surface area (Å²) >= 11 is 0. The predicted molar refractivity (Wildman–Crippen MR) is 75.6 cm³/mol. The maximum absolute atomic E-state index is 13.5. The van der Waals surface area contributed by atoms with Crippen LogP contribution in [0.3, 0.4) is 0 Å². The average Bonchev–Trinajstić information content (AvgIpc) is 2.90. The molecule has 0 heterocycles. The zero-order valence-corrected chi connectivity index (χ0v) is 11.9. The van der Waals surface area contributed by atoms with Crippen molar-refractivity contribution in [3.05, 3.63) is 59.2 Å². The van der Waals surface area contributed by atoms with Crippen molar-refractivity contribution >= 4 is 15.7 Å². The van der Waals surface area contributed by atoms with Gasteiger partial charge < -0.3 is 0 Å². The molecule has 0 saturated heterocycles. The molecular formula is C15H13F2NO2S. The molecule has 1 N–H and O–H groups in total. The number of anilines is 1. The van der Waals surface area contributed by atoms with Gasteiger partial charge in [0.15, 0.2) is 0 Å². The molecule has 0 atom stereocenters. The molecule has 0 amide bonds. The van der Waals surface area contributed by atoms with Crippen LogP contribution in [-0.2, 0) is 22.9 Å².